The summed E-state index contributed by atoms with van der Waals surface area (Å²) in [6, 6.07) is 8.88. The summed E-state index contributed by atoms with van der Waals surface area (Å²) < 4.78 is 41.5. The highest BCUT2D eigenvalue weighted by atomic mass is 32.2. The molecule has 5 unspecified atom stereocenters. The van der Waals surface area contributed by atoms with E-state index in [1.54, 1.807) is 12.1 Å². The first-order valence-electron chi connectivity index (χ1n) is 13.9. The Morgan fingerprint density at radius 3 is 1.47 bits per heavy atom. The molecule has 2 aliphatic heterocycles. The molecule has 45 heavy (non-hydrogen) atoms. The highest BCUT2D eigenvalue weighted by Gasteiger charge is 2.51. The van der Waals surface area contributed by atoms with Gasteiger partial charge in [-0.1, -0.05) is 46.5 Å². The fourth-order valence-corrected chi connectivity index (χ4v) is 6.84. The van der Waals surface area contributed by atoms with Gasteiger partial charge in [0.1, 0.15) is 82.6 Å². The summed E-state index contributed by atoms with van der Waals surface area (Å²) in [7, 11) is 0. The SMILES string of the molecule is OC[C@H]1OC(S[C@@H]2O[C@H](CO)[C@H](O)C(n3cc(-c4cccc(F)c4)nn3)C2O)[C@H](O)C(n2cc(-c3cccc(F)c3)nn2)C1O. The number of nitrogens with zero attached hydrogens (tertiary/aromatic N) is 6. The molecule has 2 aromatic heterocycles. The Kier molecular flexibility index (Phi) is 9.23. The smallest absolute Gasteiger partial charge is 0.134 e. The molecule has 240 valence electrons. The first-order chi connectivity index (χ1) is 21.7. The summed E-state index contributed by atoms with van der Waals surface area (Å²) in [5, 5.41) is 80.8. The van der Waals surface area contributed by atoms with Crippen LogP contribution in [0.1, 0.15) is 12.1 Å². The molecule has 6 rings (SSSR count). The molecule has 0 radical (unpaired) electrons. The van der Waals surface area contributed by atoms with E-state index >= 15 is 0 Å². The maximum absolute atomic E-state index is 13.8. The van der Waals surface area contributed by atoms with Crippen LogP contribution >= 0.6 is 11.8 Å². The van der Waals surface area contributed by atoms with E-state index in [-0.39, 0.29) is 11.4 Å². The van der Waals surface area contributed by atoms with Gasteiger partial charge in [0.25, 0.3) is 0 Å². The second-order valence-corrected chi connectivity index (χ2v) is 11.9. The van der Waals surface area contributed by atoms with Crippen molar-refractivity contribution >= 4 is 11.8 Å². The van der Waals surface area contributed by atoms with E-state index in [9.17, 15) is 39.4 Å². The lowest BCUT2D eigenvalue weighted by molar-refractivity contribution is -0.189. The van der Waals surface area contributed by atoms with Crippen LogP contribution in [0.15, 0.2) is 60.9 Å². The number of hydrogen-bond acceptors (Lipinski definition) is 13. The van der Waals surface area contributed by atoms with Crippen LogP contribution in [0.2, 0.25) is 0 Å². The summed E-state index contributed by atoms with van der Waals surface area (Å²) in [6.45, 7) is -1.27. The van der Waals surface area contributed by atoms with Gasteiger partial charge in [0.05, 0.1) is 25.6 Å². The molecule has 0 saturated carbocycles. The molecule has 2 aromatic carbocycles. The molecule has 2 saturated heterocycles. The predicted octanol–water partition coefficient (Wildman–Crippen LogP) is -0.125. The molecule has 2 aliphatic rings. The number of thioether (sulfide) groups is 1. The molecule has 10 atom stereocenters. The fraction of sp³-hybridized carbons (Fsp3) is 0.429. The third-order valence-electron chi connectivity index (χ3n) is 7.84. The Morgan fingerprint density at radius 1 is 0.667 bits per heavy atom. The number of halogens is 2. The second kappa shape index (κ2) is 13.1. The number of aliphatic hydroxyl groups excluding tert-OH is 6. The first-order valence-corrected chi connectivity index (χ1v) is 14.9. The Labute approximate surface area is 258 Å². The minimum Gasteiger partial charge on any atom is -0.394 e. The van der Waals surface area contributed by atoms with E-state index in [0.29, 0.717) is 11.1 Å². The van der Waals surface area contributed by atoms with Crippen LogP contribution < -0.4 is 0 Å². The van der Waals surface area contributed by atoms with Gasteiger partial charge >= 0.3 is 0 Å². The van der Waals surface area contributed by atoms with Crippen molar-refractivity contribution in [3.8, 4) is 22.5 Å². The van der Waals surface area contributed by atoms with E-state index in [1.807, 2.05) is 0 Å². The highest BCUT2D eigenvalue weighted by molar-refractivity contribution is 8.00. The molecule has 0 aliphatic carbocycles. The molecular weight excluding hydrogens is 618 g/mol. The molecule has 0 bridgehead atoms. The van der Waals surface area contributed by atoms with E-state index in [0.717, 1.165) is 11.8 Å². The van der Waals surface area contributed by atoms with Gasteiger partial charge in [-0.15, -0.1) is 10.2 Å². The van der Waals surface area contributed by atoms with Gasteiger partial charge in [-0.05, 0) is 24.3 Å². The molecule has 4 heterocycles. The molecule has 6 N–H and O–H groups in total. The Bertz CT molecular complexity index is 1500. The molecule has 14 nitrogen and oxygen atoms in total. The highest BCUT2D eigenvalue weighted by Crippen LogP contribution is 2.42. The lowest BCUT2D eigenvalue weighted by Gasteiger charge is -2.46. The van der Waals surface area contributed by atoms with Crippen LogP contribution in [0.25, 0.3) is 22.5 Å². The summed E-state index contributed by atoms with van der Waals surface area (Å²) in [4.78, 5) is 0. The Morgan fingerprint density at radius 2 is 1.09 bits per heavy atom. The van der Waals surface area contributed by atoms with Crippen molar-refractivity contribution in [3.63, 3.8) is 0 Å². The largest absolute Gasteiger partial charge is 0.394 e. The van der Waals surface area contributed by atoms with Gasteiger partial charge in [-0.2, -0.15) is 0 Å². The maximum Gasteiger partial charge on any atom is 0.134 e. The van der Waals surface area contributed by atoms with Gasteiger partial charge in [-0.3, -0.25) is 0 Å². The average molecular weight is 649 g/mol. The number of aliphatic hydroxyl groups is 6. The number of benzene rings is 2. The third kappa shape index (κ3) is 6.23. The second-order valence-electron chi connectivity index (χ2n) is 10.7. The third-order valence-corrected chi connectivity index (χ3v) is 9.15. The van der Waals surface area contributed by atoms with Crippen molar-refractivity contribution < 1.29 is 48.9 Å². The van der Waals surface area contributed by atoms with E-state index in [4.69, 9.17) is 9.47 Å². The molecule has 0 amide bonds. The Hall–Kier alpha value is -3.39. The topological polar surface area (TPSA) is 201 Å². The molecule has 4 aromatic rings. The van der Waals surface area contributed by atoms with E-state index < -0.39 is 84.4 Å². The van der Waals surface area contributed by atoms with Crippen molar-refractivity contribution in [1.82, 2.24) is 30.0 Å². The minimum absolute atomic E-state index is 0.268. The van der Waals surface area contributed by atoms with Crippen molar-refractivity contribution in [3.05, 3.63) is 72.6 Å². The molecule has 0 spiro atoms. The minimum atomic E-state index is -1.51. The molecule has 17 heteroatoms. The van der Waals surface area contributed by atoms with Gasteiger partial charge in [-0.25, -0.2) is 18.1 Å². The van der Waals surface area contributed by atoms with Crippen LogP contribution in [-0.4, -0.2) is 121 Å². The summed E-state index contributed by atoms with van der Waals surface area (Å²) in [6.07, 6.45) is -5.48. The van der Waals surface area contributed by atoms with Gasteiger partial charge in [0.2, 0.25) is 0 Å². The quantitative estimate of drug-likeness (QED) is 0.148. The van der Waals surface area contributed by atoms with Crippen LogP contribution in [0, 0.1) is 11.6 Å². The fourth-order valence-electron chi connectivity index (χ4n) is 5.52. The van der Waals surface area contributed by atoms with Crippen LogP contribution in [-0.2, 0) is 9.47 Å². The van der Waals surface area contributed by atoms with Crippen molar-refractivity contribution in [2.45, 2.75) is 59.6 Å². The molecule has 2 fully saturated rings. The molecular formula is C28H30F2N6O8S. The van der Waals surface area contributed by atoms with Crippen LogP contribution in [0.5, 0.6) is 0 Å². The normalized spacial score (nSPS) is 32.1. The summed E-state index contributed by atoms with van der Waals surface area (Å²) in [5.74, 6) is -0.978. The summed E-state index contributed by atoms with van der Waals surface area (Å²) in [5.41, 5.74) is -1.10. The number of hydrogen-bond donors (Lipinski definition) is 6. The summed E-state index contributed by atoms with van der Waals surface area (Å²) >= 11 is 0.796. The van der Waals surface area contributed by atoms with E-state index in [1.165, 1.54) is 58.2 Å². The number of rotatable bonds is 8. The predicted molar refractivity (Wildman–Crippen MR) is 152 cm³/mol. The lowest BCUT2D eigenvalue weighted by atomic mass is 9.97. The van der Waals surface area contributed by atoms with E-state index in [2.05, 4.69) is 20.6 Å². The maximum atomic E-state index is 13.8. The number of ether oxygens (including phenoxy) is 2. The van der Waals surface area contributed by atoms with Crippen molar-refractivity contribution in [2.75, 3.05) is 13.2 Å². The Balaban J connectivity index is 1.25. The van der Waals surface area contributed by atoms with Crippen molar-refractivity contribution in [2.24, 2.45) is 0 Å². The van der Waals surface area contributed by atoms with Gasteiger partial charge in [0.15, 0.2) is 0 Å². The van der Waals surface area contributed by atoms with Crippen LogP contribution in [0.3, 0.4) is 0 Å². The lowest BCUT2D eigenvalue weighted by Crippen LogP contribution is -2.58. The standard InChI is InChI=1S/C28H30F2N6O8S/c29-15-5-1-3-13(7-15)17-9-35(33-31-17)21-23(39)19(11-37)43-27(25(21)41)45-28-26(42)22(24(40)20(12-38)44-28)36-10-18(32-34-36)14-4-2-6-16(30)8-14/h1-10,19-28,37-42H,11-12H2/t19-,20-,21?,22?,23+,24?,25?,26-,27+,28?/m1/s1. The van der Waals surface area contributed by atoms with Crippen molar-refractivity contribution in [1.29, 1.82) is 0 Å². The first kappa shape index (κ1) is 31.6. The van der Waals surface area contributed by atoms with Gasteiger partial charge in [0, 0.05) is 11.1 Å². The number of aromatic nitrogens is 6. The van der Waals surface area contributed by atoms with Crippen LogP contribution in [0.4, 0.5) is 8.78 Å². The zero-order valence-corrected chi connectivity index (χ0v) is 24.1. The van der Waals surface area contributed by atoms with Gasteiger partial charge < -0.3 is 40.1 Å². The zero-order valence-electron chi connectivity index (χ0n) is 23.3. The zero-order chi connectivity index (χ0) is 31.8. The average Bonchev–Trinajstić information content (AvgIpc) is 3.71. The monoisotopic (exact) mass is 648 g/mol.